The highest BCUT2D eigenvalue weighted by atomic mass is 127. The Kier molecular flexibility index (Phi) is 3.04. The Morgan fingerprint density at radius 2 is 2.27 bits per heavy atom. The molecule has 0 amide bonds. The van der Waals surface area contributed by atoms with Gasteiger partial charge in [-0.15, -0.1) is 0 Å². The second-order valence-electron chi connectivity index (χ2n) is 3.27. The van der Waals surface area contributed by atoms with E-state index in [1.54, 1.807) is 10.9 Å². The lowest BCUT2D eigenvalue weighted by molar-refractivity contribution is 0.624. The van der Waals surface area contributed by atoms with Crippen molar-refractivity contribution in [3.8, 4) is 5.69 Å². The SMILES string of the molecule is C[C@@H](I)c1ccc(F)cc1-n1cccn1. The summed E-state index contributed by atoms with van der Waals surface area (Å²) in [6.45, 7) is 2.07. The van der Waals surface area contributed by atoms with Gasteiger partial charge >= 0.3 is 0 Å². The van der Waals surface area contributed by atoms with Crippen molar-refractivity contribution in [3.05, 3.63) is 48.0 Å². The fourth-order valence-corrected chi connectivity index (χ4v) is 1.99. The molecule has 1 heterocycles. The van der Waals surface area contributed by atoms with Crippen LogP contribution in [0.5, 0.6) is 0 Å². The minimum atomic E-state index is -0.235. The lowest BCUT2D eigenvalue weighted by atomic mass is 10.1. The maximum atomic E-state index is 13.2. The standard InChI is InChI=1S/C11H10FIN2/c1-8(13)10-4-3-9(12)7-11(10)15-6-2-5-14-15/h2-8H,1H3/t8-/m1/s1. The van der Waals surface area contributed by atoms with Gasteiger partial charge in [-0.1, -0.05) is 28.7 Å². The third kappa shape index (κ3) is 2.19. The molecular formula is C11H10FIN2. The van der Waals surface area contributed by atoms with E-state index in [0.29, 0.717) is 3.92 Å². The van der Waals surface area contributed by atoms with Crippen LogP contribution in [0.1, 0.15) is 16.4 Å². The zero-order chi connectivity index (χ0) is 10.8. The van der Waals surface area contributed by atoms with Gasteiger partial charge < -0.3 is 0 Å². The Balaban J connectivity index is 2.58. The minimum Gasteiger partial charge on any atom is -0.241 e. The van der Waals surface area contributed by atoms with Gasteiger partial charge in [-0.2, -0.15) is 5.10 Å². The first-order chi connectivity index (χ1) is 7.18. The van der Waals surface area contributed by atoms with E-state index in [1.165, 1.54) is 12.1 Å². The second-order valence-corrected chi connectivity index (χ2v) is 5.14. The van der Waals surface area contributed by atoms with Crippen LogP contribution in [0, 0.1) is 5.82 Å². The summed E-state index contributed by atoms with van der Waals surface area (Å²) in [5, 5.41) is 4.12. The molecule has 15 heavy (non-hydrogen) atoms. The summed E-state index contributed by atoms with van der Waals surface area (Å²) in [6, 6.07) is 6.63. The van der Waals surface area contributed by atoms with Gasteiger partial charge in [0.15, 0.2) is 0 Å². The van der Waals surface area contributed by atoms with Crippen LogP contribution >= 0.6 is 22.6 Å². The van der Waals surface area contributed by atoms with Crippen molar-refractivity contribution in [3.63, 3.8) is 0 Å². The van der Waals surface area contributed by atoms with Gasteiger partial charge in [-0.3, -0.25) is 0 Å². The van der Waals surface area contributed by atoms with E-state index >= 15 is 0 Å². The van der Waals surface area contributed by atoms with E-state index in [1.807, 2.05) is 18.3 Å². The molecule has 2 aromatic rings. The Morgan fingerprint density at radius 3 is 2.87 bits per heavy atom. The van der Waals surface area contributed by atoms with E-state index in [-0.39, 0.29) is 5.82 Å². The summed E-state index contributed by atoms with van der Waals surface area (Å²) in [7, 11) is 0. The highest BCUT2D eigenvalue weighted by molar-refractivity contribution is 14.1. The van der Waals surface area contributed by atoms with E-state index in [4.69, 9.17) is 0 Å². The molecule has 0 fully saturated rings. The van der Waals surface area contributed by atoms with Gasteiger partial charge in [0, 0.05) is 16.3 Å². The first-order valence-corrected chi connectivity index (χ1v) is 5.86. The highest BCUT2D eigenvalue weighted by Gasteiger charge is 2.10. The van der Waals surface area contributed by atoms with Crippen LogP contribution < -0.4 is 0 Å². The van der Waals surface area contributed by atoms with Gasteiger partial charge in [0.05, 0.1) is 5.69 Å². The van der Waals surface area contributed by atoms with E-state index in [0.717, 1.165) is 11.3 Å². The fourth-order valence-electron chi connectivity index (χ4n) is 1.46. The van der Waals surface area contributed by atoms with Crippen LogP contribution in [0.15, 0.2) is 36.7 Å². The van der Waals surface area contributed by atoms with Gasteiger partial charge in [0.25, 0.3) is 0 Å². The van der Waals surface area contributed by atoms with Crippen molar-refractivity contribution in [2.75, 3.05) is 0 Å². The summed E-state index contributed by atoms with van der Waals surface area (Å²) in [6.07, 6.45) is 3.50. The zero-order valence-electron chi connectivity index (χ0n) is 8.19. The number of alkyl halides is 1. The van der Waals surface area contributed by atoms with Gasteiger partial charge in [0.2, 0.25) is 0 Å². The topological polar surface area (TPSA) is 17.8 Å². The van der Waals surface area contributed by atoms with Crippen LogP contribution in [0.2, 0.25) is 0 Å². The molecule has 0 saturated heterocycles. The molecule has 2 rings (SSSR count). The number of halogens is 2. The number of hydrogen-bond acceptors (Lipinski definition) is 1. The summed E-state index contributed by atoms with van der Waals surface area (Å²) >= 11 is 2.31. The molecule has 1 aromatic carbocycles. The molecule has 0 bridgehead atoms. The summed E-state index contributed by atoms with van der Waals surface area (Å²) in [5.41, 5.74) is 1.89. The number of aromatic nitrogens is 2. The molecule has 2 nitrogen and oxygen atoms in total. The zero-order valence-corrected chi connectivity index (χ0v) is 10.3. The van der Waals surface area contributed by atoms with Gasteiger partial charge in [-0.25, -0.2) is 9.07 Å². The van der Waals surface area contributed by atoms with Crippen molar-refractivity contribution in [2.24, 2.45) is 0 Å². The monoisotopic (exact) mass is 316 g/mol. The van der Waals surface area contributed by atoms with Gasteiger partial charge in [-0.05, 0) is 30.7 Å². The molecule has 0 radical (unpaired) electrons. The highest BCUT2D eigenvalue weighted by Crippen LogP contribution is 2.28. The molecule has 0 aliphatic heterocycles. The number of hydrogen-bond donors (Lipinski definition) is 0. The minimum absolute atomic E-state index is 0.235. The maximum absolute atomic E-state index is 13.2. The van der Waals surface area contributed by atoms with Crippen LogP contribution in [0.4, 0.5) is 4.39 Å². The molecule has 0 unspecified atom stereocenters. The van der Waals surface area contributed by atoms with Crippen LogP contribution in [0.25, 0.3) is 5.69 Å². The average Bonchev–Trinajstić information content (AvgIpc) is 2.69. The Morgan fingerprint density at radius 1 is 1.47 bits per heavy atom. The van der Waals surface area contributed by atoms with Crippen molar-refractivity contribution in [2.45, 2.75) is 10.8 Å². The van der Waals surface area contributed by atoms with Crippen molar-refractivity contribution in [1.29, 1.82) is 0 Å². The van der Waals surface area contributed by atoms with E-state index in [9.17, 15) is 4.39 Å². The maximum Gasteiger partial charge on any atom is 0.125 e. The smallest absolute Gasteiger partial charge is 0.125 e. The number of nitrogens with zero attached hydrogens (tertiary/aromatic N) is 2. The molecule has 1 atom stereocenters. The molecule has 0 spiro atoms. The first kappa shape index (κ1) is 10.6. The molecule has 0 aliphatic carbocycles. The lowest BCUT2D eigenvalue weighted by Crippen LogP contribution is -2.01. The lowest BCUT2D eigenvalue weighted by Gasteiger charge is -2.11. The fraction of sp³-hybridized carbons (Fsp3) is 0.182. The van der Waals surface area contributed by atoms with Crippen molar-refractivity contribution >= 4 is 22.6 Å². The summed E-state index contributed by atoms with van der Waals surface area (Å²) in [4.78, 5) is 0. The van der Waals surface area contributed by atoms with Crippen LogP contribution in [-0.2, 0) is 0 Å². The molecule has 4 heteroatoms. The predicted octanol–water partition coefficient (Wildman–Crippen LogP) is 3.51. The van der Waals surface area contributed by atoms with Crippen LogP contribution in [0.3, 0.4) is 0 Å². The Labute approximate surface area is 101 Å². The third-order valence-electron chi connectivity index (χ3n) is 2.17. The molecule has 78 valence electrons. The average molecular weight is 316 g/mol. The number of rotatable bonds is 2. The molecule has 0 aliphatic rings. The molecule has 0 saturated carbocycles. The van der Waals surface area contributed by atoms with Crippen molar-refractivity contribution < 1.29 is 4.39 Å². The van der Waals surface area contributed by atoms with E-state index in [2.05, 4.69) is 34.6 Å². The Bertz CT molecular complexity index is 452. The number of benzene rings is 1. The molecular weight excluding hydrogens is 306 g/mol. The predicted molar refractivity (Wildman–Crippen MR) is 66.0 cm³/mol. The van der Waals surface area contributed by atoms with Crippen LogP contribution in [-0.4, -0.2) is 9.78 Å². The summed E-state index contributed by atoms with van der Waals surface area (Å²) < 4.78 is 15.2. The van der Waals surface area contributed by atoms with Crippen molar-refractivity contribution in [1.82, 2.24) is 9.78 Å². The third-order valence-corrected chi connectivity index (χ3v) is 2.84. The first-order valence-electron chi connectivity index (χ1n) is 4.62. The normalized spacial score (nSPS) is 12.7. The molecule has 1 aromatic heterocycles. The second kappa shape index (κ2) is 4.30. The molecule has 0 N–H and O–H groups in total. The largest absolute Gasteiger partial charge is 0.241 e. The van der Waals surface area contributed by atoms with E-state index < -0.39 is 0 Å². The van der Waals surface area contributed by atoms with Gasteiger partial charge in [0.1, 0.15) is 5.82 Å². The summed E-state index contributed by atoms with van der Waals surface area (Å²) in [5.74, 6) is -0.235. The quantitative estimate of drug-likeness (QED) is 0.612. The Hall–Kier alpha value is -0.910.